The van der Waals surface area contributed by atoms with Crippen LogP contribution in [0.25, 0.3) is 0 Å². The van der Waals surface area contributed by atoms with Gasteiger partial charge in [-0.15, -0.1) is 0 Å². The molecule has 6 nitrogen and oxygen atoms in total. The number of nitrogens with zero attached hydrogens (tertiary/aromatic N) is 3. The van der Waals surface area contributed by atoms with Crippen molar-refractivity contribution in [1.82, 2.24) is 9.78 Å². The van der Waals surface area contributed by atoms with Crippen LogP contribution in [0.1, 0.15) is 36.7 Å². The molecule has 0 radical (unpaired) electrons. The fourth-order valence-corrected chi connectivity index (χ4v) is 2.97. The van der Waals surface area contributed by atoms with Crippen LogP contribution in [-0.4, -0.2) is 22.3 Å². The normalized spacial score (nSPS) is 10.4. The fourth-order valence-electron chi connectivity index (χ4n) is 2.80. The van der Waals surface area contributed by atoms with Crippen molar-refractivity contribution in [2.45, 2.75) is 46.6 Å². The number of benzene rings is 1. The Morgan fingerprint density at radius 2 is 2.19 bits per heavy atom. The lowest BCUT2D eigenvalue weighted by atomic mass is 10.1. The molecule has 0 fully saturated rings. The molecule has 7 heteroatoms. The summed E-state index contributed by atoms with van der Waals surface area (Å²) in [5.74, 6) is 0.485. The Balaban J connectivity index is 2.03. The molecule has 0 aliphatic rings. The van der Waals surface area contributed by atoms with Gasteiger partial charge in [0, 0.05) is 17.1 Å². The van der Waals surface area contributed by atoms with Gasteiger partial charge < -0.3 is 10.1 Å². The molecule has 1 amide bonds. The van der Waals surface area contributed by atoms with Gasteiger partial charge in [-0.25, -0.2) is 0 Å². The smallest absolute Gasteiger partial charge is 0.224 e. The van der Waals surface area contributed by atoms with Crippen molar-refractivity contribution in [2.75, 3.05) is 11.9 Å². The average Bonchev–Trinajstić information content (AvgIpc) is 2.87. The van der Waals surface area contributed by atoms with Crippen LogP contribution in [0, 0.1) is 25.2 Å². The van der Waals surface area contributed by atoms with Crippen molar-refractivity contribution < 1.29 is 9.53 Å². The molecule has 1 aromatic carbocycles. The highest BCUT2D eigenvalue weighted by Crippen LogP contribution is 2.28. The highest BCUT2D eigenvalue weighted by molar-refractivity contribution is 6.31. The zero-order valence-electron chi connectivity index (χ0n) is 15.3. The number of anilines is 1. The minimum absolute atomic E-state index is 0.114. The number of aryl methyl sites for hydroxylation is 2. The Hall–Kier alpha value is -2.52. The quantitative estimate of drug-likeness (QED) is 0.756. The third kappa shape index (κ3) is 4.99. The van der Waals surface area contributed by atoms with Crippen LogP contribution in [-0.2, 0) is 17.8 Å². The highest BCUT2D eigenvalue weighted by atomic mass is 35.5. The maximum Gasteiger partial charge on any atom is 0.224 e. The van der Waals surface area contributed by atoms with Crippen LogP contribution in [0.2, 0.25) is 5.02 Å². The Morgan fingerprint density at radius 3 is 2.88 bits per heavy atom. The van der Waals surface area contributed by atoms with Gasteiger partial charge >= 0.3 is 0 Å². The predicted octanol–water partition coefficient (Wildman–Crippen LogP) is 4.04. The van der Waals surface area contributed by atoms with Gasteiger partial charge in [0.2, 0.25) is 5.91 Å². The number of aromatic nitrogens is 2. The molecule has 0 unspecified atom stereocenters. The minimum atomic E-state index is -0.114. The monoisotopic (exact) mass is 374 g/mol. The Morgan fingerprint density at radius 1 is 1.42 bits per heavy atom. The van der Waals surface area contributed by atoms with E-state index in [4.69, 9.17) is 21.6 Å². The molecule has 0 spiro atoms. The second-order valence-corrected chi connectivity index (χ2v) is 6.34. The van der Waals surface area contributed by atoms with E-state index in [2.05, 4.69) is 16.5 Å². The van der Waals surface area contributed by atoms with Crippen molar-refractivity contribution in [1.29, 1.82) is 5.26 Å². The summed E-state index contributed by atoms with van der Waals surface area (Å²) in [4.78, 5) is 12.4. The van der Waals surface area contributed by atoms with Crippen LogP contribution >= 0.6 is 11.6 Å². The Kier molecular flexibility index (Phi) is 7.05. The lowest BCUT2D eigenvalue weighted by molar-refractivity contribution is -0.116. The Labute approximate surface area is 158 Å². The second kappa shape index (κ2) is 9.25. The molecule has 0 atom stereocenters. The number of hydrogen-bond donors (Lipinski definition) is 1. The van der Waals surface area contributed by atoms with Crippen molar-refractivity contribution >= 4 is 23.2 Å². The first-order valence-electron chi connectivity index (χ1n) is 8.58. The molecule has 0 saturated heterocycles. The SMILES string of the molecule is CCOc1ccc(Cl)cc1NC(=O)CCc1c(C)nn(CCC#N)c1C. The van der Waals surface area contributed by atoms with Crippen molar-refractivity contribution in [3.63, 3.8) is 0 Å². The van der Waals surface area contributed by atoms with Crippen molar-refractivity contribution in [3.05, 3.63) is 40.2 Å². The molecule has 26 heavy (non-hydrogen) atoms. The molecule has 2 aromatic rings. The number of hydrogen-bond acceptors (Lipinski definition) is 4. The number of ether oxygens (including phenoxy) is 1. The summed E-state index contributed by atoms with van der Waals surface area (Å²) >= 11 is 6.02. The van der Waals surface area contributed by atoms with E-state index in [1.54, 1.807) is 18.2 Å². The lowest BCUT2D eigenvalue weighted by Crippen LogP contribution is -2.14. The van der Waals surface area contributed by atoms with Crippen LogP contribution in [0.15, 0.2) is 18.2 Å². The van der Waals surface area contributed by atoms with Crippen LogP contribution in [0.5, 0.6) is 5.75 Å². The first-order chi connectivity index (χ1) is 12.5. The summed E-state index contributed by atoms with van der Waals surface area (Å²) in [6.45, 7) is 6.85. The first-order valence-corrected chi connectivity index (χ1v) is 8.96. The largest absolute Gasteiger partial charge is 0.492 e. The Bertz CT molecular complexity index is 824. The maximum atomic E-state index is 12.4. The van der Waals surface area contributed by atoms with E-state index in [0.29, 0.717) is 48.9 Å². The summed E-state index contributed by atoms with van der Waals surface area (Å²) in [5.41, 5.74) is 3.52. The molecule has 0 saturated carbocycles. The van der Waals surface area contributed by atoms with E-state index < -0.39 is 0 Å². The predicted molar refractivity (Wildman–Crippen MR) is 102 cm³/mol. The number of carbonyl (C=O) groups is 1. The van der Waals surface area contributed by atoms with Crippen molar-refractivity contribution in [2.24, 2.45) is 0 Å². The number of amides is 1. The molecule has 1 aromatic heterocycles. The molecule has 138 valence electrons. The minimum Gasteiger partial charge on any atom is -0.492 e. The number of nitriles is 1. The van der Waals surface area contributed by atoms with Gasteiger partial charge in [-0.05, 0) is 51.0 Å². The fraction of sp³-hybridized carbons (Fsp3) is 0.421. The van der Waals surface area contributed by atoms with Gasteiger partial charge in [-0.3, -0.25) is 9.48 Å². The van der Waals surface area contributed by atoms with E-state index in [1.165, 1.54) is 0 Å². The molecule has 2 rings (SSSR count). The van der Waals surface area contributed by atoms with Crippen LogP contribution < -0.4 is 10.1 Å². The summed E-state index contributed by atoms with van der Waals surface area (Å²) in [7, 11) is 0. The first kappa shape index (κ1) is 19.8. The molecule has 1 heterocycles. The average molecular weight is 375 g/mol. The zero-order chi connectivity index (χ0) is 19.1. The van der Waals surface area contributed by atoms with E-state index in [0.717, 1.165) is 17.0 Å². The number of halogens is 1. The third-order valence-corrected chi connectivity index (χ3v) is 4.32. The van der Waals surface area contributed by atoms with Crippen molar-refractivity contribution in [3.8, 4) is 11.8 Å². The van der Waals surface area contributed by atoms with Gasteiger partial charge in [-0.1, -0.05) is 11.6 Å². The summed E-state index contributed by atoms with van der Waals surface area (Å²) in [6, 6.07) is 7.28. The lowest BCUT2D eigenvalue weighted by Gasteiger charge is -2.12. The summed E-state index contributed by atoms with van der Waals surface area (Å²) < 4.78 is 7.35. The van der Waals surface area contributed by atoms with E-state index in [-0.39, 0.29) is 5.91 Å². The van der Waals surface area contributed by atoms with Gasteiger partial charge in [0.1, 0.15) is 5.75 Å². The molecular formula is C19H23ClN4O2. The van der Waals surface area contributed by atoms with Gasteiger partial charge in [0.25, 0.3) is 0 Å². The van der Waals surface area contributed by atoms with E-state index in [9.17, 15) is 4.79 Å². The highest BCUT2D eigenvalue weighted by Gasteiger charge is 2.14. The zero-order valence-corrected chi connectivity index (χ0v) is 16.1. The van der Waals surface area contributed by atoms with Gasteiger partial charge in [0.15, 0.2) is 0 Å². The third-order valence-electron chi connectivity index (χ3n) is 4.08. The summed E-state index contributed by atoms with van der Waals surface area (Å²) in [6.07, 6.45) is 1.32. The number of rotatable bonds is 8. The summed E-state index contributed by atoms with van der Waals surface area (Å²) in [5, 5.41) is 16.6. The maximum absolute atomic E-state index is 12.4. The molecule has 0 aliphatic carbocycles. The molecule has 0 aliphatic heterocycles. The van der Waals surface area contributed by atoms with Gasteiger partial charge in [0.05, 0.1) is 37.0 Å². The molecular weight excluding hydrogens is 352 g/mol. The standard InChI is InChI=1S/C19H23ClN4O2/c1-4-26-18-8-6-15(20)12-17(18)22-19(25)9-7-16-13(2)23-24(14(16)3)11-5-10-21/h6,8,12H,4-5,7,9,11H2,1-3H3,(H,22,25). The van der Waals surface area contributed by atoms with Crippen LogP contribution in [0.4, 0.5) is 5.69 Å². The topological polar surface area (TPSA) is 79.9 Å². The van der Waals surface area contributed by atoms with Crippen LogP contribution in [0.3, 0.4) is 0 Å². The van der Waals surface area contributed by atoms with Gasteiger partial charge in [-0.2, -0.15) is 10.4 Å². The molecule has 1 N–H and O–H groups in total. The van der Waals surface area contributed by atoms with E-state index in [1.807, 2.05) is 25.5 Å². The second-order valence-electron chi connectivity index (χ2n) is 5.90. The molecule has 0 bridgehead atoms. The van der Waals surface area contributed by atoms with E-state index >= 15 is 0 Å². The number of carbonyl (C=O) groups excluding carboxylic acids is 1. The number of nitrogens with one attached hydrogen (secondary N) is 1.